The number of phenolic OH excluding ortho intramolecular Hbond substituents is 2. The van der Waals surface area contributed by atoms with Crippen LogP contribution >= 0.6 is 0 Å². The highest BCUT2D eigenvalue weighted by Gasteiger charge is 2.10. The Balaban J connectivity index is 2.20. The molecular weight excluding hydrogens is 220 g/mol. The van der Waals surface area contributed by atoms with E-state index in [0.717, 1.165) is 6.07 Å². The minimum absolute atomic E-state index is 0.0892. The molecule has 17 heavy (non-hydrogen) atoms. The number of hydrogen-bond donors (Lipinski definition) is 2. The zero-order valence-electron chi connectivity index (χ0n) is 8.83. The third-order valence-electron chi connectivity index (χ3n) is 2.09. The Kier molecular flexibility index (Phi) is 2.96. The molecule has 2 N–H and O–H groups in total. The quantitative estimate of drug-likeness (QED) is 0.613. The lowest BCUT2D eigenvalue weighted by Crippen LogP contribution is -2.08. The SMILES string of the molecule is O=C(Oc1ccccc1)c1cc(O)cc(O)c1. The van der Waals surface area contributed by atoms with Gasteiger partial charge in [0, 0.05) is 6.07 Å². The van der Waals surface area contributed by atoms with E-state index >= 15 is 0 Å². The molecule has 0 amide bonds. The van der Waals surface area contributed by atoms with Crippen LogP contribution in [0.2, 0.25) is 0 Å². The zero-order valence-corrected chi connectivity index (χ0v) is 8.83. The van der Waals surface area contributed by atoms with Crippen molar-refractivity contribution in [2.24, 2.45) is 0 Å². The van der Waals surface area contributed by atoms with Crippen LogP contribution in [-0.2, 0) is 0 Å². The van der Waals surface area contributed by atoms with Gasteiger partial charge >= 0.3 is 5.97 Å². The molecule has 2 rings (SSSR count). The number of carbonyl (C=O) groups is 1. The average Bonchev–Trinajstić information content (AvgIpc) is 2.29. The molecule has 0 aliphatic rings. The van der Waals surface area contributed by atoms with E-state index in [2.05, 4.69) is 0 Å². The first kappa shape index (κ1) is 11.0. The molecule has 0 spiro atoms. The van der Waals surface area contributed by atoms with E-state index in [4.69, 9.17) is 4.74 Å². The molecule has 0 unspecified atom stereocenters. The van der Waals surface area contributed by atoms with Crippen LogP contribution in [0.1, 0.15) is 10.4 Å². The lowest BCUT2D eigenvalue weighted by Gasteiger charge is -2.04. The van der Waals surface area contributed by atoms with Gasteiger partial charge in [-0.15, -0.1) is 0 Å². The maximum Gasteiger partial charge on any atom is 0.343 e. The van der Waals surface area contributed by atoms with Gasteiger partial charge in [-0.3, -0.25) is 0 Å². The Morgan fingerprint density at radius 3 is 2.12 bits per heavy atom. The van der Waals surface area contributed by atoms with Gasteiger partial charge in [0.2, 0.25) is 0 Å². The molecule has 86 valence electrons. The Morgan fingerprint density at radius 2 is 1.53 bits per heavy atom. The monoisotopic (exact) mass is 230 g/mol. The summed E-state index contributed by atoms with van der Waals surface area (Å²) in [4.78, 5) is 11.7. The fourth-order valence-electron chi connectivity index (χ4n) is 1.37. The Hall–Kier alpha value is -2.49. The summed E-state index contributed by atoms with van der Waals surface area (Å²) in [6, 6.07) is 12.2. The Labute approximate surface area is 97.7 Å². The summed E-state index contributed by atoms with van der Waals surface area (Å²) in [5.74, 6) is -0.613. The van der Waals surface area contributed by atoms with Crippen LogP contribution in [-0.4, -0.2) is 16.2 Å². The first-order valence-corrected chi connectivity index (χ1v) is 4.95. The number of carbonyl (C=O) groups excluding carboxylic acids is 1. The molecule has 0 saturated carbocycles. The van der Waals surface area contributed by atoms with Crippen molar-refractivity contribution in [1.29, 1.82) is 0 Å². The largest absolute Gasteiger partial charge is 0.508 e. The van der Waals surface area contributed by atoms with Crippen LogP contribution in [0, 0.1) is 0 Å². The third-order valence-corrected chi connectivity index (χ3v) is 2.09. The number of phenols is 2. The summed E-state index contributed by atoms with van der Waals surface area (Å²) in [6.07, 6.45) is 0. The molecule has 0 heterocycles. The van der Waals surface area contributed by atoms with E-state index in [9.17, 15) is 15.0 Å². The van der Waals surface area contributed by atoms with Crippen molar-refractivity contribution < 1.29 is 19.7 Å². The molecule has 0 aromatic heterocycles. The van der Waals surface area contributed by atoms with Crippen LogP contribution in [0.4, 0.5) is 0 Å². The van der Waals surface area contributed by atoms with Gasteiger partial charge in [-0.05, 0) is 24.3 Å². The Morgan fingerprint density at radius 1 is 0.941 bits per heavy atom. The molecule has 0 saturated heterocycles. The van der Waals surface area contributed by atoms with Crippen molar-refractivity contribution in [2.75, 3.05) is 0 Å². The molecule has 0 aliphatic heterocycles. The number of esters is 1. The van der Waals surface area contributed by atoms with E-state index < -0.39 is 5.97 Å². The molecule has 0 radical (unpaired) electrons. The molecule has 0 bridgehead atoms. The van der Waals surface area contributed by atoms with Crippen LogP contribution in [0.5, 0.6) is 17.2 Å². The maximum absolute atomic E-state index is 11.7. The van der Waals surface area contributed by atoms with Gasteiger partial charge in [0.25, 0.3) is 0 Å². The van der Waals surface area contributed by atoms with Crippen molar-refractivity contribution in [3.8, 4) is 17.2 Å². The predicted molar refractivity (Wildman–Crippen MR) is 61.2 cm³/mol. The third kappa shape index (κ3) is 2.75. The fraction of sp³-hybridized carbons (Fsp3) is 0. The fourth-order valence-corrected chi connectivity index (χ4v) is 1.37. The number of benzene rings is 2. The number of ether oxygens (including phenoxy) is 1. The summed E-state index contributed by atoms with van der Waals surface area (Å²) in [5.41, 5.74) is 0.0892. The van der Waals surface area contributed by atoms with Crippen LogP contribution in [0.15, 0.2) is 48.5 Å². The van der Waals surface area contributed by atoms with E-state index in [1.807, 2.05) is 0 Å². The second-order valence-corrected chi connectivity index (χ2v) is 3.44. The maximum atomic E-state index is 11.7. The molecule has 2 aromatic carbocycles. The summed E-state index contributed by atoms with van der Waals surface area (Å²) in [6.45, 7) is 0. The summed E-state index contributed by atoms with van der Waals surface area (Å²) in [5, 5.41) is 18.5. The van der Waals surface area contributed by atoms with Gasteiger partial charge < -0.3 is 14.9 Å². The summed E-state index contributed by atoms with van der Waals surface area (Å²) >= 11 is 0. The van der Waals surface area contributed by atoms with E-state index in [-0.39, 0.29) is 17.1 Å². The van der Waals surface area contributed by atoms with Crippen molar-refractivity contribution in [3.63, 3.8) is 0 Å². The van der Waals surface area contributed by atoms with Gasteiger partial charge in [0.05, 0.1) is 5.56 Å². The van der Waals surface area contributed by atoms with Gasteiger partial charge in [-0.25, -0.2) is 4.79 Å². The first-order valence-electron chi connectivity index (χ1n) is 4.95. The molecular formula is C13H10O4. The molecule has 4 nitrogen and oxygen atoms in total. The lowest BCUT2D eigenvalue weighted by molar-refractivity contribution is 0.0734. The highest BCUT2D eigenvalue weighted by molar-refractivity contribution is 5.92. The van der Waals surface area contributed by atoms with Gasteiger partial charge in [-0.2, -0.15) is 0 Å². The summed E-state index contributed by atoms with van der Waals surface area (Å²) < 4.78 is 5.05. The van der Waals surface area contributed by atoms with E-state index in [1.165, 1.54) is 12.1 Å². The topological polar surface area (TPSA) is 66.8 Å². The highest BCUT2D eigenvalue weighted by atomic mass is 16.5. The van der Waals surface area contributed by atoms with Crippen molar-refractivity contribution >= 4 is 5.97 Å². The molecule has 0 fully saturated rings. The minimum Gasteiger partial charge on any atom is -0.508 e. The minimum atomic E-state index is -0.637. The van der Waals surface area contributed by atoms with Crippen molar-refractivity contribution in [2.45, 2.75) is 0 Å². The normalized spacial score (nSPS) is 9.88. The number of aromatic hydroxyl groups is 2. The molecule has 0 atom stereocenters. The number of para-hydroxylation sites is 1. The molecule has 2 aromatic rings. The second-order valence-electron chi connectivity index (χ2n) is 3.44. The van der Waals surface area contributed by atoms with Gasteiger partial charge in [0.15, 0.2) is 0 Å². The van der Waals surface area contributed by atoms with E-state index in [0.29, 0.717) is 5.75 Å². The standard InChI is InChI=1S/C13H10O4/c14-10-6-9(7-11(15)8-10)13(16)17-12-4-2-1-3-5-12/h1-8,14-15H. The predicted octanol–water partition coefficient (Wildman–Crippen LogP) is 2.32. The van der Waals surface area contributed by atoms with E-state index in [1.54, 1.807) is 30.3 Å². The van der Waals surface area contributed by atoms with Crippen LogP contribution < -0.4 is 4.74 Å². The van der Waals surface area contributed by atoms with Crippen molar-refractivity contribution in [3.05, 3.63) is 54.1 Å². The van der Waals surface area contributed by atoms with Crippen LogP contribution in [0.3, 0.4) is 0 Å². The summed E-state index contributed by atoms with van der Waals surface area (Å²) in [7, 11) is 0. The van der Waals surface area contributed by atoms with Gasteiger partial charge in [-0.1, -0.05) is 18.2 Å². The first-order chi connectivity index (χ1) is 8.15. The second kappa shape index (κ2) is 4.57. The smallest absolute Gasteiger partial charge is 0.343 e. The molecule has 4 heteroatoms. The Bertz CT molecular complexity index is 514. The molecule has 0 aliphatic carbocycles. The highest BCUT2D eigenvalue weighted by Crippen LogP contribution is 2.21. The van der Waals surface area contributed by atoms with Gasteiger partial charge in [0.1, 0.15) is 17.2 Å². The lowest BCUT2D eigenvalue weighted by atomic mass is 10.2. The number of rotatable bonds is 2. The van der Waals surface area contributed by atoms with Crippen molar-refractivity contribution in [1.82, 2.24) is 0 Å². The van der Waals surface area contributed by atoms with Crippen LogP contribution in [0.25, 0.3) is 0 Å². The average molecular weight is 230 g/mol. The zero-order chi connectivity index (χ0) is 12.3. The number of hydrogen-bond acceptors (Lipinski definition) is 4.